The quantitative estimate of drug-likeness (QED) is 0.703. The van der Waals surface area contributed by atoms with Gasteiger partial charge < -0.3 is 4.57 Å². The molecule has 0 aromatic carbocycles. The molecular formula is C16H24ClN3S. The summed E-state index contributed by atoms with van der Waals surface area (Å²) in [4.78, 5) is 9.40. The van der Waals surface area contributed by atoms with E-state index in [2.05, 4.69) is 24.7 Å². The van der Waals surface area contributed by atoms with Crippen LogP contribution in [0.2, 0.25) is 0 Å². The lowest BCUT2D eigenvalue weighted by atomic mass is 10.0. The highest BCUT2D eigenvalue weighted by Crippen LogP contribution is 2.35. The number of alkyl halides is 1. The second-order valence-electron chi connectivity index (χ2n) is 5.56. The fourth-order valence-electron chi connectivity index (χ4n) is 2.69. The van der Waals surface area contributed by atoms with Crippen molar-refractivity contribution in [2.24, 2.45) is 0 Å². The summed E-state index contributed by atoms with van der Waals surface area (Å²) in [5.41, 5.74) is 2.91. The Kier molecular flexibility index (Phi) is 5.20. The molecule has 0 fully saturated rings. The van der Waals surface area contributed by atoms with Gasteiger partial charge in [0.2, 0.25) is 0 Å². The lowest BCUT2D eigenvalue weighted by Gasteiger charge is -2.31. The van der Waals surface area contributed by atoms with E-state index in [1.165, 1.54) is 0 Å². The third-order valence-corrected chi connectivity index (χ3v) is 6.05. The summed E-state index contributed by atoms with van der Waals surface area (Å²) in [7, 11) is 0. The maximum absolute atomic E-state index is 6.36. The smallest absolute Gasteiger partial charge is 0.160 e. The Morgan fingerprint density at radius 1 is 1.29 bits per heavy atom. The van der Waals surface area contributed by atoms with Crippen molar-refractivity contribution in [1.82, 2.24) is 14.5 Å². The zero-order valence-electron chi connectivity index (χ0n) is 13.5. The minimum atomic E-state index is -0.118. The number of halogens is 1. The van der Waals surface area contributed by atoms with Crippen LogP contribution in [0.15, 0.2) is 12.1 Å². The molecule has 0 spiro atoms. The maximum atomic E-state index is 6.36. The second kappa shape index (κ2) is 6.57. The topological polar surface area (TPSA) is 30.7 Å². The van der Waals surface area contributed by atoms with Crippen LogP contribution in [0.4, 0.5) is 0 Å². The van der Waals surface area contributed by atoms with Crippen LogP contribution < -0.4 is 0 Å². The van der Waals surface area contributed by atoms with Gasteiger partial charge in [-0.2, -0.15) is 11.8 Å². The molecule has 0 saturated heterocycles. The first-order valence-electron chi connectivity index (χ1n) is 7.49. The summed E-state index contributed by atoms with van der Waals surface area (Å²) in [5, 5.41) is -0.118. The Labute approximate surface area is 136 Å². The van der Waals surface area contributed by atoms with Crippen molar-refractivity contribution in [2.45, 2.75) is 57.2 Å². The highest BCUT2D eigenvalue weighted by Gasteiger charge is 2.28. The monoisotopic (exact) mass is 325 g/mol. The van der Waals surface area contributed by atoms with E-state index in [9.17, 15) is 0 Å². The van der Waals surface area contributed by atoms with Crippen LogP contribution in [-0.2, 0) is 6.54 Å². The molecule has 21 heavy (non-hydrogen) atoms. The molecule has 0 N–H and O–H groups in total. The SMILES string of the molecule is CCC(CC)(Cn1c(C(C)Cl)nc2ccc(C)nc21)SC. The molecule has 0 bridgehead atoms. The van der Waals surface area contributed by atoms with E-state index < -0.39 is 0 Å². The predicted octanol–water partition coefficient (Wildman–Crippen LogP) is 4.96. The van der Waals surface area contributed by atoms with E-state index in [0.29, 0.717) is 0 Å². The summed E-state index contributed by atoms with van der Waals surface area (Å²) in [6.07, 6.45) is 4.42. The Morgan fingerprint density at radius 2 is 1.95 bits per heavy atom. The molecule has 2 heterocycles. The molecule has 5 heteroatoms. The molecule has 0 saturated carbocycles. The number of imidazole rings is 1. The number of hydrogen-bond donors (Lipinski definition) is 0. The number of aromatic nitrogens is 3. The minimum absolute atomic E-state index is 0.118. The molecule has 3 nitrogen and oxygen atoms in total. The van der Waals surface area contributed by atoms with Crippen molar-refractivity contribution in [3.63, 3.8) is 0 Å². The van der Waals surface area contributed by atoms with Crippen molar-refractivity contribution in [3.05, 3.63) is 23.7 Å². The number of rotatable bonds is 6. The number of aryl methyl sites for hydroxylation is 1. The molecule has 1 unspecified atom stereocenters. The van der Waals surface area contributed by atoms with Crippen LogP contribution in [0.3, 0.4) is 0 Å². The van der Waals surface area contributed by atoms with Gasteiger partial charge in [0.1, 0.15) is 11.3 Å². The number of thioether (sulfide) groups is 1. The molecule has 116 valence electrons. The van der Waals surface area contributed by atoms with Crippen molar-refractivity contribution >= 4 is 34.5 Å². The largest absolute Gasteiger partial charge is 0.310 e. The summed E-state index contributed by atoms with van der Waals surface area (Å²) in [5.74, 6) is 0.921. The Hall–Kier alpha value is -0.740. The van der Waals surface area contributed by atoms with Crippen molar-refractivity contribution in [1.29, 1.82) is 0 Å². The lowest BCUT2D eigenvalue weighted by Crippen LogP contribution is -2.30. The number of nitrogens with zero attached hydrogens (tertiary/aromatic N) is 3. The van der Waals surface area contributed by atoms with Gasteiger partial charge in [0.15, 0.2) is 5.65 Å². The van der Waals surface area contributed by atoms with Gasteiger partial charge >= 0.3 is 0 Å². The van der Waals surface area contributed by atoms with Crippen LogP contribution in [0.25, 0.3) is 11.2 Å². The van der Waals surface area contributed by atoms with Crippen molar-refractivity contribution in [2.75, 3.05) is 6.26 Å². The van der Waals surface area contributed by atoms with Crippen LogP contribution in [0, 0.1) is 6.92 Å². The number of pyridine rings is 1. The van der Waals surface area contributed by atoms with E-state index in [1.807, 2.05) is 37.7 Å². The molecule has 2 rings (SSSR count). The zero-order chi connectivity index (χ0) is 15.6. The summed E-state index contributed by atoms with van der Waals surface area (Å²) in [6.45, 7) is 9.40. The molecule has 2 aromatic heterocycles. The van der Waals surface area contributed by atoms with Crippen molar-refractivity contribution < 1.29 is 0 Å². The lowest BCUT2D eigenvalue weighted by molar-refractivity contribution is 0.462. The second-order valence-corrected chi connectivity index (χ2v) is 7.49. The molecule has 0 aliphatic heterocycles. The van der Waals surface area contributed by atoms with Crippen LogP contribution >= 0.6 is 23.4 Å². The highest BCUT2D eigenvalue weighted by atomic mass is 35.5. The average molecular weight is 326 g/mol. The molecular weight excluding hydrogens is 302 g/mol. The number of fused-ring (bicyclic) bond motifs is 1. The molecule has 2 aromatic rings. The molecule has 0 aliphatic carbocycles. The van der Waals surface area contributed by atoms with E-state index in [-0.39, 0.29) is 10.1 Å². The first kappa shape index (κ1) is 16.6. The summed E-state index contributed by atoms with van der Waals surface area (Å²) < 4.78 is 2.43. The third kappa shape index (κ3) is 3.21. The number of hydrogen-bond acceptors (Lipinski definition) is 3. The van der Waals surface area contributed by atoms with E-state index in [0.717, 1.165) is 42.1 Å². The fourth-order valence-corrected chi connectivity index (χ4v) is 3.69. The van der Waals surface area contributed by atoms with Gasteiger partial charge in [-0.3, -0.25) is 0 Å². The van der Waals surface area contributed by atoms with E-state index in [4.69, 9.17) is 21.6 Å². The van der Waals surface area contributed by atoms with Gasteiger partial charge in [-0.15, -0.1) is 11.6 Å². The van der Waals surface area contributed by atoms with Gasteiger partial charge in [0, 0.05) is 17.0 Å². The van der Waals surface area contributed by atoms with Gasteiger partial charge in [0.05, 0.1) is 5.38 Å². The summed E-state index contributed by atoms with van der Waals surface area (Å²) in [6, 6.07) is 4.04. The first-order chi connectivity index (χ1) is 9.96. The van der Waals surface area contributed by atoms with Gasteiger partial charge in [-0.1, -0.05) is 13.8 Å². The average Bonchev–Trinajstić information content (AvgIpc) is 2.83. The Balaban J connectivity index is 2.59. The molecule has 1 atom stereocenters. The third-order valence-electron chi connectivity index (χ3n) is 4.28. The molecule has 0 aliphatic rings. The van der Waals surface area contributed by atoms with Gasteiger partial charge in [-0.05, 0) is 45.1 Å². The molecule has 0 amide bonds. The van der Waals surface area contributed by atoms with Crippen molar-refractivity contribution in [3.8, 4) is 0 Å². The zero-order valence-corrected chi connectivity index (χ0v) is 15.1. The van der Waals surface area contributed by atoms with E-state index >= 15 is 0 Å². The van der Waals surface area contributed by atoms with E-state index in [1.54, 1.807) is 0 Å². The van der Waals surface area contributed by atoms with Crippen LogP contribution in [0.5, 0.6) is 0 Å². The summed E-state index contributed by atoms with van der Waals surface area (Å²) >= 11 is 8.29. The highest BCUT2D eigenvalue weighted by molar-refractivity contribution is 8.00. The maximum Gasteiger partial charge on any atom is 0.160 e. The Morgan fingerprint density at radius 3 is 2.48 bits per heavy atom. The van der Waals surface area contributed by atoms with Crippen LogP contribution in [-0.4, -0.2) is 25.5 Å². The van der Waals surface area contributed by atoms with Gasteiger partial charge in [-0.25, -0.2) is 9.97 Å². The van der Waals surface area contributed by atoms with Gasteiger partial charge in [0.25, 0.3) is 0 Å². The molecule has 0 radical (unpaired) electrons. The fraction of sp³-hybridized carbons (Fsp3) is 0.625. The predicted molar refractivity (Wildman–Crippen MR) is 93.4 cm³/mol. The van der Waals surface area contributed by atoms with Crippen LogP contribution in [0.1, 0.15) is 50.5 Å². The first-order valence-corrected chi connectivity index (χ1v) is 9.15. The Bertz CT molecular complexity index is 609. The minimum Gasteiger partial charge on any atom is -0.310 e. The normalized spacial score (nSPS) is 13.8. The standard InChI is InChI=1S/C16H24ClN3S/c1-6-16(7-2,21-5)10-20-14(12(4)17)19-13-9-8-11(3)18-15(13)20/h8-9,12H,6-7,10H2,1-5H3.